The zero-order valence-electron chi connectivity index (χ0n) is 18.2. The normalized spacial score (nSPS) is 11.7. The first-order chi connectivity index (χ1) is 16.2. The summed E-state index contributed by atoms with van der Waals surface area (Å²) >= 11 is 1.72. The van der Waals surface area contributed by atoms with Crippen molar-refractivity contribution in [2.24, 2.45) is 0 Å². The smallest absolute Gasteiger partial charge is 0.138 e. The van der Waals surface area contributed by atoms with Gasteiger partial charge in [-0.25, -0.2) is 9.97 Å². The lowest BCUT2D eigenvalue weighted by Crippen LogP contribution is -2.10. The van der Waals surface area contributed by atoms with Crippen molar-refractivity contribution in [2.45, 2.75) is 6.54 Å². The molecule has 0 amide bonds. The minimum Gasteiger partial charge on any atom is -0.338 e. The summed E-state index contributed by atoms with van der Waals surface area (Å²) in [6.45, 7) is 0.828. The maximum absolute atomic E-state index is 4.96. The monoisotopic (exact) mass is 451 g/mol. The molecular weight excluding hydrogens is 430 g/mol. The van der Waals surface area contributed by atoms with E-state index in [2.05, 4.69) is 65.8 Å². The molecule has 0 aliphatic carbocycles. The van der Waals surface area contributed by atoms with Gasteiger partial charge in [0.1, 0.15) is 16.9 Å². The first-order valence-electron chi connectivity index (χ1n) is 10.6. The Balaban J connectivity index is 1.45. The summed E-state index contributed by atoms with van der Waals surface area (Å²) in [5.41, 5.74) is 8.36. The van der Waals surface area contributed by atoms with Crippen LogP contribution in [-0.2, 0) is 6.54 Å². The number of aromatic nitrogens is 6. The summed E-state index contributed by atoms with van der Waals surface area (Å²) in [6.07, 6.45) is 5.59. The van der Waals surface area contributed by atoms with Crippen LogP contribution in [0.3, 0.4) is 0 Å². The molecule has 0 radical (unpaired) electrons. The number of nitrogens with zero attached hydrogens (tertiary/aromatic N) is 5. The van der Waals surface area contributed by atoms with Crippen LogP contribution in [0.4, 0.5) is 0 Å². The molecule has 6 aromatic heterocycles. The number of thiophene rings is 1. The Kier molecular flexibility index (Phi) is 4.74. The third-order valence-electron chi connectivity index (χ3n) is 5.57. The average Bonchev–Trinajstić information content (AvgIpc) is 3.57. The van der Waals surface area contributed by atoms with Gasteiger partial charge in [-0.2, -0.15) is 5.10 Å². The molecule has 6 aromatic rings. The summed E-state index contributed by atoms with van der Waals surface area (Å²) in [5, 5.41) is 10.9. The van der Waals surface area contributed by atoms with Crippen LogP contribution >= 0.6 is 11.3 Å². The largest absolute Gasteiger partial charge is 0.338 e. The van der Waals surface area contributed by atoms with Crippen LogP contribution in [0.2, 0.25) is 0 Å². The third-order valence-corrected chi connectivity index (χ3v) is 6.47. The molecule has 6 rings (SSSR count). The maximum Gasteiger partial charge on any atom is 0.138 e. The molecule has 0 aliphatic rings. The fourth-order valence-electron chi connectivity index (χ4n) is 4.13. The van der Waals surface area contributed by atoms with Gasteiger partial charge in [-0.1, -0.05) is 6.07 Å². The van der Waals surface area contributed by atoms with Gasteiger partial charge in [0, 0.05) is 46.5 Å². The van der Waals surface area contributed by atoms with Gasteiger partial charge < -0.3 is 9.88 Å². The molecule has 0 aromatic carbocycles. The van der Waals surface area contributed by atoms with E-state index in [1.165, 1.54) is 4.88 Å². The summed E-state index contributed by atoms with van der Waals surface area (Å²) in [5.74, 6) is 0. The van der Waals surface area contributed by atoms with Gasteiger partial charge in [-0.15, -0.1) is 11.3 Å². The highest BCUT2D eigenvalue weighted by atomic mass is 32.1. The molecule has 0 saturated heterocycles. The molecule has 33 heavy (non-hydrogen) atoms. The van der Waals surface area contributed by atoms with Crippen molar-refractivity contribution in [3.8, 4) is 33.1 Å². The Morgan fingerprint density at radius 1 is 1.06 bits per heavy atom. The second-order valence-electron chi connectivity index (χ2n) is 8.27. The lowest BCUT2D eigenvalue weighted by molar-refractivity contribution is 0.402. The number of aromatic amines is 2. The number of hydrogen-bond acceptors (Lipinski definition) is 6. The summed E-state index contributed by atoms with van der Waals surface area (Å²) in [6, 6.07) is 14.5. The molecule has 0 fully saturated rings. The lowest BCUT2D eigenvalue weighted by Gasteiger charge is -2.10. The first-order valence-corrected chi connectivity index (χ1v) is 11.5. The molecule has 162 valence electrons. The number of H-pyrrole nitrogens is 2. The number of rotatable bonds is 5. The molecule has 0 bridgehead atoms. The molecule has 6 heterocycles. The predicted molar refractivity (Wildman–Crippen MR) is 133 cm³/mol. The fraction of sp³-hybridized carbons (Fsp3) is 0.120. The van der Waals surface area contributed by atoms with E-state index in [0.717, 1.165) is 62.4 Å². The predicted octanol–water partition coefficient (Wildman–Crippen LogP) is 5.35. The summed E-state index contributed by atoms with van der Waals surface area (Å²) in [4.78, 5) is 20.7. The molecule has 0 spiro atoms. The van der Waals surface area contributed by atoms with Gasteiger partial charge in [-0.3, -0.25) is 10.1 Å². The van der Waals surface area contributed by atoms with Crippen molar-refractivity contribution in [1.82, 2.24) is 35.0 Å². The van der Waals surface area contributed by atoms with Gasteiger partial charge in [0.25, 0.3) is 0 Å². The van der Waals surface area contributed by atoms with E-state index in [0.29, 0.717) is 0 Å². The Morgan fingerprint density at radius 3 is 2.85 bits per heavy atom. The highest BCUT2D eigenvalue weighted by Crippen LogP contribution is 2.35. The third kappa shape index (κ3) is 3.59. The van der Waals surface area contributed by atoms with Crippen LogP contribution in [0.15, 0.2) is 66.4 Å². The van der Waals surface area contributed by atoms with E-state index in [1.54, 1.807) is 11.3 Å². The van der Waals surface area contributed by atoms with Crippen molar-refractivity contribution in [1.29, 1.82) is 0 Å². The Bertz CT molecular complexity index is 1580. The van der Waals surface area contributed by atoms with Crippen LogP contribution in [0.1, 0.15) is 5.56 Å². The first kappa shape index (κ1) is 19.8. The molecule has 0 aliphatic heterocycles. The van der Waals surface area contributed by atoms with Gasteiger partial charge in [0.15, 0.2) is 0 Å². The standard InChI is InChI=1S/C25H21N7S/c1-32(2)14-15-10-16(13-26-12-15)19-5-6-20-23(28-19)24(31-30-20)21-11-18-17(22-4-3-9-33-22)7-8-27-25(18)29-21/h3-13H,14H2,1-2H3,(H,27,29)(H,30,31). The number of fused-ring (bicyclic) bond motifs is 2. The molecule has 2 N–H and O–H groups in total. The van der Waals surface area contributed by atoms with E-state index in [1.807, 2.05) is 44.8 Å². The van der Waals surface area contributed by atoms with E-state index in [-0.39, 0.29) is 0 Å². The second kappa shape index (κ2) is 7.91. The average molecular weight is 452 g/mol. The van der Waals surface area contributed by atoms with Gasteiger partial charge in [-0.05, 0) is 61.4 Å². The van der Waals surface area contributed by atoms with E-state index in [4.69, 9.17) is 4.98 Å². The van der Waals surface area contributed by atoms with Crippen LogP contribution in [0.5, 0.6) is 0 Å². The highest BCUT2D eigenvalue weighted by Gasteiger charge is 2.16. The Morgan fingerprint density at radius 2 is 2.00 bits per heavy atom. The van der Waals surface area contributed by atoms with E-state index in [9.17, 15) is 0 Å². The molecule has 7 nitrogen and oxygen atoms in total. The quantitative estimate of drug-likeness (QED) is 0.369. The topological polar surface area (TPSA) is 86.4 Å². The Labute approximate surface area is 194 Å². The van der Waals surface area contributed by atoms with Gasteiger partial charge >= 0.3 is 0 Å². The summed E-state index contributed by atoms with van der Waals surface area (Å²) in [7, 11) is 4.10. The van der Waals surface area contributed by atoms with Gasteiger partial charge in [0.05, 0.1) is 16.9 Å². The minimum absolute atomic E-state index is 0.777. The zero-order chi connectivity index (χ0) is 22.4. The highest BCUT2D eigenvalue weighted by molar-refractivity contribution is 7.13. The molecule has 8 heteroatoms. The molecule has 0 unspecified atom stereocenters. The summed E-state index contributed by atoms with van der Waals surface area (Å²) < 4.78 is 0. The Hall–Kier alpha value is -3.88. The van der Waals surface area contributed by atoms with Crippen molar-refractivity contribution >= 4 is 33.4 Å². The van der Waals surface area contributed by atoms with Crippen LogP contribution in [0, 0.1) is 0 Å². The van der Waals surface area contributed by atoms with E-state index >= 15 is 0 Å². The zero-order valence-corrected chi connectivity index (χ0v) is 19.0. The van der Waals surface area contributed by atoms with Gasteiger partial charge in [0.2, 0.25) is 0 Å². The van der Waals surface area contributed by atoms with Crippen LogP contribution in [0.25, 0.3) is 55.2 Å². The number of pyridine rings is 3. The van der Waals surface area contributed by atoms with Crippen LogP contribution in [-0.4, -0.2) is 49.1 Å². The van der Waals surface area contributed by atoms with Crippen molar-refractivity contribution in [2.75, 3.05) is 14.1 Å². The SMILES string of the molecule is CN(C)Cc1cncc(-c2ccc3[nH]nc(-c4cc5c(-c6cccs6)ccnc5[nH]4)c3n2)c1. The van der Waals surface area contributed by atoms with E-state index < -0.39 is 0 Å². The van der Waals surface area contributed by atoms with Crippen molar-refractivity contribution in [3.63, 3.8) is 0 Å². The van der Waals surface area contributed by atoms with Crippen molar-refractivity contribution in [3.05, 3.63) is 72.0 Å². The second-order valence-corrected chi connectivity index (χ2v) is 9.21. The fourth-order valence-corrected chi connectivity index (χ4v) is 4.89. The maximum atomic E-state index is 4.96. The van der Waals surface area contributed by atoms with Crippen molar-refractivity contribution < 1.29 is 0 Å². The number of nitrogens with one attached hydrogen (secondary N) is 2. The molecule has 0 saturated carbocycles. The lowest BCUT2D eigenvalue weighted by atomic mass is 10.1. The molecule has 0 atom stereocenters. The molecular formula is C25H21N7S. The number of hydrogen-bond donors (Lipinski definition) is 2. The van der Waals surface area contributed by atoms with Crippen LogP contribution < -0.4 is 0 Å². The minimum atomic E-state index is 0.777.